The summed E-state index contributed by atoms with van der Waals surface area (Å²) in [5, 5.41) is 20.4. The first kappa shape index (κ1) is 46.8. The molecule has 5 rings (SSSR count). The molecule has 2 N–H and O–H groups in total. The zero-order chi connectivity index (χ0) is 44.5. The van der Waals surface area contributed by atoms with Crippen LogP contribution < -0.4 is 9.47 Å². The summed E-state index contributed by atoms with van der Waals surface area (Å²) >= 11 is 0. The number of rotatable bonds is 20. The van der Waals surface area contributed by atoms with Crippen LogP contribution in [0.1, 0.15) is 88.8 Å². The highest BCUT2D eigenvalue weighted by Crippen LogP contribution is 2.57. The number of fused-ring (bicyclic) bond motifs is 3. The third kappa shape index (κ3) is 11.2. The zero-order valence-electron chi connectivity index (χ0n) is 37.0. The maximum atomic E-state index is 11.7. The minimum atomic E-state index is -0.965. The highest BCUT2D eigenvalue weighted by atomic mass is 16.6. The molecule has 0 amide bonds. The van der Waals surface area contributed by atoms with Gasteiger partial charge < -0.3 is 38.6 Å². The molecule has 61 heavy (non-hydrogen) atoms. The Morgan fingerprint density at radius 2 is 0.951 bits per heavy atom. The van der Waals surface area contributed by atoms with Crippen LogP contribution in [0.5, 0.6) is 11.5 Å². The molecular formula is C51H62O10. The van der Waals surface area contributed by atoms with Gasteiger partial charge in [0.15, 0.2) is 0 Å². The van der Waals surface area contributed by atoms with Gasteiger partial charge >= 0.3 is 11.9 Å². The van der Waals surface area contributed by atoms with Gasteiger partial charge in [0.1, 0.15) is 50.1 Å². The van der Waals surface area contributed by atoms with E-state index in [9.17, 15) is 19.8 Å². The van der Waals surface area contributed by atoms with Crippen molar-refractivity contribution in [3.05, 3.63) is 143 Å². The molecule has 2 atom stereocenters. The lowest BCUT2D eigenvalue weighted by molar-refractivity contribution is -0.143. The number of hydrogen-bond acceptors (Lipinski definition) is 10. The minimum absolute atomic E-state index is 0.00605. The van der Waals surface area contributed by atoms with Crippen molar-refractivity contribution < 1.29 is 48.2 Å². The van der Waals surface area contributed by atoms with Crippen LogP contribution in [0.3, 0.4) is 0 Å². The molecule has 10 heteroatoms. The number of aliphatic hydroxyl groups excluding tert-OH is 2. The van der Waals surface area contributed by atoms with Crippen LogP contribution in [0.25, 0.3) is 11.1 Å². The van der Waals surface area contributed by atoms with Crippen molar-refractivity contribution in [1.29, 1.82) is 0 Å². The largest absolute Gasteiger partial charge is 0.491 e. The van der Waals surface area contributed by atoms with Gasteiger partial charge in [-0.25, -0.2) is 9.59 Å². The summed E-state index contributed by atoms with van der Waals surface area (Å²) in [6.45, 7) is 23.9. The summed E-state index contributed by atoms with van der Waals surface area (Å²) in [7, 11) is 0. The molecule has 10 nitrogen and oxygen atoms in total. The van der Waals surface area contributed by atoms with Crippen LogP contribution in [-0.4, -0.2) is 87.2 Å². The standard InChI is InChI=1S/C51H62O10/c1-33(2)47(54)60-31-37(52)29-56-23-25-58-45-21-19-35(27-43(45)49(5,6)7)51(41-17-13-11-15-39(41)40-16-12-14-18-42(40)51)36-20-22-46(44(28-36)50(8,9)10)59-26-24-57-30-38(53)32-61-48(55)34(3)4/h11-22,27-28,37-38,52-53H,1,3,23-26,29-32H2,2,4-10H3. The Morgan fingerprint density at radius 1 is 0.574 bits per heavy atom. The maximum Gasteiger partial charge on any atom is 0.333 e. The minimum Gasteiger partial charge on any atom is -0.491 e. The topological polar surface area (TPSA) is 130 Å². The summed E-state index contributed by atoms with van der Waals surface area (Å²) in [5.41, 5.74) is 8.23. The molecule has 1 aliphatic rings. The second-order valence-corrected chi connectivity index (χ2v) is 17.7. The lowest BCUT2D eigenvalue weighted by Gasteiger charge is -2.36. The van der Waals surface area contributed by atoms with Gasteiger partial charge in [0, 0.05) is 11.1 Å². The predicted octanol–water partition coefficient (Wildman–Crippen LogP) is 8.40. The molecule has 0 fully saturated rings. The first-order valence-electron chi connectivity index (χ1n) is 20.8. The van der Waals surface area contributed by atoms with E-state index < -0.39 is 29.6 Å². The van der Waals surface area contributed by atoms with Crippen molar-refractivity contribution in [1.82, 2.24) is 0 Å². The molecule has 0 heterocycles. The number of ether oxygens (including phenoxy) is 6. The fourth-order valence-electron chi connectivity index (χ4n) is 7.52. The maximum absolute atomic E-state index is 11.7. The third-order valence-electron chi connectivity index (χ3n) is 10.5. The highest BCUT2D eigenvalue weighted by Gasteiger charge is 2.47. The molecule has 0 saturated carbocycles. The molecular weight excluding hydrogens is 773 g/mol. The van der Waals surface area contributed by atoms with E-state index in [0.717, 1.165) is 33.8 Å². The summed E-state index contributed by atoms with van der Waals surface area (Å²) in [6.07, 6.45) is -1.93. The molecule has 0 aromatic heterocycles. The van der Waals surface area contributed by atoms with Crippen molar-refractivity contribution in [3.63, 3.8) is 0 Å². The fourth-order valence-corrected chi connectivity index (χ4v) is 7.52. The molecule has 0 spiro atoms. The molecule has 326 valence electrons. The van der Waals surface area contributed by atoms with Crippen LogP contribution in [0.15, 0.2) is 109 Å². The van der Waals surface area contributed by atoms with Gasteiger partial charge in [-0.2, -0.15) is 0 Å². The van der Waals surface area contributed by atoms with Crippen molar-refractivity contribution in [3.8, 4) is 22.6 Å². The van der Waals surface area contributed by atoms with Gasteiger partial charge in [-0.3, -0.25) is 0 Å². The van der Waals surface area contributed by atoms with Crippen molar-refractivity contribution in [2.45, 2.75) is 83.8 Å². The van der Waals surface area contributed by atoms with Crippen LogP contribution >= 0.6 is 0 Å². The lowest BCUT2D eigenvalue weighted by Crippen LogP contribution is -2.30. The number of carbonyl (C=O) groups is 2. The van der Waals surface area contributed by atoms with Gasteiger partial charge in [0.05, 0.1) is 31.8 Å². The Hall–Kier alpha value is -5.26. The average Bonchev–Trinajstić information content (AvgIpc) is 3.52. The third-order valence-corrected chi connectivity index (χ3v) is 10.5. The van der Waals surface area contributed by atoms with E-state index in [1.807, 2.05) is 0 Å². The van der Waals surface area contributed by atoms with Crippen LogP contribution in [0.2, 0.25) is 0 Å². The first-order valence-corrected chi connectivity index (χ1v) is 20.8. The predicted molar refractivity (Wildman–Crippen MR) is 237 cm³/mol. The first-order chi connectivity index (χ1) is 28.8. The number of esters is 2. The van der Waals surface area contributed by atoms with Crippen molar-refractivity contribution in [2.75, 3.05) is 52.9 Å². The molecule has 0 bridgehead atoms. The number of aliphatic hydroxyl groups is 2. The quantitative estimate of drug-likeness (QED) is 0.0448. The van der Waals surface area contributed by atoms with E-state index >= 15 is 0 Å². The van der Waals surface area contributed by atoms with Gasteiger partial charge in [0.25, 0.3) is 0 Å². The summed E-state index contributed by atoms with van der Waals surface area (Å²) in [5.74, 6) is 0.379. The van der Waals surface area contributed by atoms with Gasteiger partial charge in [0.2, 0.25) is 0 Å². The Labute approximate surface area is 361 Å². The van der Waals surface area contributed by atoms with E-state index in [2.05, 4.69) is 140 Å². The van der Waals surface area contributed by atoms with Crippen LogP contribution in [0, 0.1) is 0 Å². The van der Waals surface area contributed by atoms with E-state index in [1.54, 1.807) is 13.8 Å². The van der Waals surface area contributed by atoms with E-state index in [1.165, 1.54) is 22.3 Å². The fraction of sp³-hybridized carbons (Fsp3) is 0.412. The second kappa shape index (κ2) is 20.1. The number of benzene rings is 4. The zero-order valence-corrected chi connectivity index (χ0v) is 37.0. The van der Waals surface area contributed by atoms with Gasteiger partial charge in [-0.05, 0) is 93.5 Å². The lowest BCUT2D eigenvalue weighted by atomic mass is 9.66. The Balaban J connectivity index is 1.45. The van der Waals surface area contributed by atoms with Gasteiger partial charge in [-0.15, -0.1) is 0 Å². The molecule has 0 aliphatic heterocycles. The normalized spacial score (nSPS) is 14.0. The van der Waals surface area contributed by atoms with Gasteiger partial charge in [-0.1, -0.05) is 115 Å². The van der Waals surface area contributed by atoms with Crippen molar-refractivity contribution >= 4 is 11.9 Å². The average molecular weight is 835 g/mol. The number of carbonyl (C=O) groups excluding carboxylic acids is 2. The van der Waals surface area contributed by atoms with Crippen LogP contribution in [-0.2, 0) is 44.8 Å². The monoisotopic (exact) mass is 834 g/mol. The smallest absolute Gasteiger partial charge is 0.333 e. The SMILES string of the molecule is C=C(C)C(=O)OCC(O)COCCOc1ccc(C2(c3ccc(OCCOCC(O)COC(=O)C(=C)C)c(C(C)(C)C)c3)c3ccccc3-c3ccccc32)cc1C(C)(C)C. The second-order valence-electron chi connectivity index (χ2n) is 17.7. The molecule has 2 unspecified atom stereocenters. The highest BCUT2D eigenvalue weighted by molar-refractivity contribution is 5.88. The molecule has 1 aliphatic carbocycles. The summed E-state index contributed by atoms with van der Waals surface area (Å²) in [4.78, 5) is 23.4. The van der Waals surface area contributed by atoms with Crippen LogP contribution in [0.4, 0.5) is 0 Å². The van der Waals surface area contributed by atoms with Crippen molar-refractivity contribution in [2.24, 2.45) is 0 Å². The molecule has 0 radical (unpaired) electrons. The Morgan fingerprint density at radius 3 is 1.31 bits per heavy atom. The van der Waals surface area contributed by atoms with E-state index in [-0.39, 0.29) is 74.8 Å². The van der Waals surface area contributed by atoms with E-state index in [0.29, 0.717) is 0 Å². The number of hydrogen-bond donors (Lipinski definition) is 2. The molecule has 0 saturated heterocycles. The van der Waals surface area contributed by atoms with E-state index in [4.69, 9.17) is 28.4 Å². The molecule has 4 aromatic carbocycles. The summed E-state index contributed by atoms with van der Waals surface area (Å²) < 4.78 is 34.2. The summed E-state index contributed by atoms with van der Waals surface area (Å²) in [6, 6.07) is 30.2. The Bertz CT molecular complexity index is 2030. The Kier molecular flexibility index (Phi) is 15.4. The molecule has 4 aromatic rings.